The van der Waals surface area contributed by atoms with Crippen molar-refractivity contribution < 1.29 is 23.0 Å². The highest BCUT2D eigenvalue weighted by Crippen LogP contribution is 2.21. The van der Waals surface area contributed by atoms with Crippen molar-refractivity contribution in [1.29, 1.82) is 0 Å². The van der Waals surface area contributed by atoms with E-state index in [4.69, 9.17) is 8.60 Å². The largest absolute Gasteiger partial charge is 0.434 e. The molecule has 0 aliphatic carbocycles. The number of hydrogen-bond donors (Lipinski definition) is 2. The summed E-state index contributed by atoms with van der Waals surface area (Å²) in [6.45, 7) is 3.03. The standard InChI is InChI=1S/C24H26N4O5S/c1-2-26-34-33-17-11-9-16(10-12-17)14-22(30)28-13-5-7-19(28)23(31)25-15-20(29)24-27-18-6-3-4-8-21(18)32-24/h3-4,6,8-12,19,26H,2,5,7,13-15H2,1H3,(H,25,31). The van der Waals surface area contributed by atoms with Gasteiger partial charge >= 0.3 is 0 Å². The Kier molecular flexibility index (Phi) is 7.81. The van der Waals surface area contributed by atoms with Crippen LogP contribution in [0.1, 0.15) is 36.0 Å². The van der Waals surface area contributed by atoms with Gasteiger partial charge in [0.1, 0.15) is 29.5 Å². The molecule has 0 saturated carbocycles. The molecule has 2 heterocycles. The Morgan fingerprint density at radius 3 is 2.74 bits per heavy atom. The molecule has 34 heavy (non-hydrogen) atoms. The molecule has 0 radical (unpaired) electrons. The number of fused-ring (bicyclic) bond motifs is 1. The van der Waals surface area contributed by atoms with Gasteiger partial charge in [-0.25, -0.2) is 9.71 Å². The lowest BCUT2D eigenvalue weighted by molar-refractivity contribution is -0.137. The molecule has 0 spiro atoms. The van der Waals surface area contributed by atoms with E-state index in [2.05, 4.69) is 15.0 Å². The van der Waals surface area contributed by atoms with Gasteiger partial charge in [0.2, 0.25) is 17.6 Å². The van der Waals surface area contributed by atoms with Crippen molar-refractivity contribution in [3.63, 3.8) is 0 Å². The van der Waals surface area contributed by atoms with E-state index < -0.39 is 11.8 Å². The first kappa shape index (κ1) is 23.8. The van der Waals surface area contributed by atoms with Crippen LogP contribution in [0.2, 0.25) is 0 Å². The third-order valence-corrected chi connectivity index (χ3v) is 6.13. The fourth-order valence-electron chi connectivity index (χ4n) is 3.77. The number of ketones is 1. The Morgan fingerprint density at radius 1 is 1.18 bits per heavy atom. The maximum absolute atomic E-state index is 12.9. The molecule has 1 aliphatic heterocycles. The number of nitrogens with zero attached hydrogens (tertiary/aromatic N) is 2. The number of hydrogen-bond acceptors (Lipinski definition) is 8. The van der Waals surface area contributed by atoms with Gasteiger partial charge in [-0.2, -0.15) is 0 Å². The summed E-state index contributed by atoms with van der Waals surface area (Å²) in [5.74, 6) is -0.255. The number of para-hydroxylation sites is 2. The summed E-state index contributed by atoms with van der Waals surface area (Å²) in [7, 11) is 0. The lowest BCUT2D eigenvalue weighted by atomic mass is 10.1. The lowest BCUT2D eigenvalue weighted by Crippen LogP contribution is -2.47. The van der Waals surface area contributed by atoms with Gasteiger partial charge in [-0.15, -0.1) is 0 Å². The van der Waals surface area contributed by atoms with Crippen LogP contribution in [0.4, 0.5) is 0 Å². The Labute approximate surface area is 201 Å². The summed E-state index contributed by atoms with van der Waals surface area (Å²) >= 11 is 1.15. The van der Waals surface area contributed by atoms with Crippen LogP contribution in [0.15, 0.2) is 52.9 Å². The van der Waals surface area contributed by atoms with Crippen LogP contribution >= 0.6 is 12.2 Å². The maximum Gasteiger partial charge on any atom is 0.266 e. The third kappa shape index (κ3) is 5.75. The second kappa shape index (κ2) is 11.2. The second-order valence-electron chi connectivity index (χ2n) is 7.86. The molecule has 1 fully saturated rings. The minimum Gasteiger partial charge on any atom is -0.434 e. The second-order valence-corrected chi connectivity index (χ2v) is 8.48. The number of aromatic nitrogens is 1. The molecule has 0 bridgehead atoms. The first-order valence-electron chi connectivity index (χ1n) is 11.2. The monoisotopic (exact) mass is 482 g/mol. The van der Waals surface area contributed by atoms with E-state index in [1.807, 2.05) is 19.1 Å². The molecule has 1 aromatic heterocycles. The number of rotatable bonds is 10. The molecule has 1 atom stereocenters. The molecule has 4 rings (SSSR count). The van der Waals surface area contributed by atoms with Crippen molar-refractivity contribution in [2.24, 2.45) is 0 Å². The van der Waals surface area contributed by atoms with Gasteiger partial charge in [0, 0.05) is 13.1 Å². The summed E-state index contributed by atoms with van der Waals surface area (Å²) in [5, 5.41) is 2.64. The number of nitrogens with one attached hydrogen (secondary N) is 2. The van der Waals surface area contributed by atoms with Crippen LogP contribution in [-0.2, 0) is 16.0 Å². The maximum atomic E-state index is 12.9. The van der Waals surface area contributed by atoms with E-state index in [1.165, 1.54) is 0 Å². The molecule has 1 saturated heterocycles. The smallest absolute Gasteiger partial charge is 0.266 e. The SMILES string of the molecule is CCNSOc1ccc(CC(=O)N2CCCC2C(=O)NCC(=O)c2nc3ccccc3o2)cc1. The molecule has 178 valence electrons. The number of amides is 2. The lowest BCUT2D eigenvalue weighted by Gasteiger charge is -2.24. The van der Waals surface area contributed by atoms with Crippen molar-refractivity contribution in [3.05, 3.63) is 60.0 Å². The zero-order valence-corrected chi connectivity index (χ0v) is 19.6. The number of carbonyl (C=O) groups excluding carboxylic acids is 3. The van der Waals surface area contributed by atoms with Crippen LogP contribution < -0.4 is 14.2 Å². The molecule has 2 aromatic carbocycles. The molecule has 9 nitrogen and oxygen atoms in total. The third-order valence-electron chi connectivity index (χ3n) is 5.45. The van der Waals surface area contributed by atoms with E-state index in [0.29, 0.717) is 29.8 Å². The Morgan fingerprint density at radius 2 is 1.97 bits per heavy atom. The molecule has 2 amide bonds. The quantitative estimate of drug-likeness (QED) is 0.196. The van der Waals surface area contributed by atoms with Crippen LogP contribution in [-0.4, -0.2) is 53.2 Å². The minimum absolute atomic E-state index is 0.0443. The molecule has 1 unspecified atom stereocenters. The normalized spacial score (nSPS) is 15.4. The molecular weight excluding hydrogens is 456 g/mol. The van der Waals surface area contributed by atoms with E-state index in [-0.39, 0.29) is 30.7 Å². The fourth-order valence-corrected chi connectivity index (χ4v) is 4.15. The van der Waals surface area contributed by atoms with Crippen molar-refractivity contribution >= 4 is 40.9 Å². The summed E-state index contributed by atoms with van der Waals surface area (Å²) in [6, 6.07) is 13.8. The Balaban J connectivity index is 1.30. The number of carbonyl (C=O) groups is 3. The molecule has 3 aromatic rings. The summed E-state index contributed by atoms with van der Waals surface area (Å²) in [4.78, 5) is 43.8. The zero-order chi connectivity index (χ0) is 23.9. The topological polar surface area (TPSA) is 114 Å². The molecular formula is C24H26N4O5S. The van der Waals surface area contributed by atoms with Gasteiger partial charge in [0.25, 0.3) is 5.89 Å². The van der Waals surface area contributed by atoms with Gasteiger partial charge < -0.3 is 18.8 Å². The van der Waals surface area contributed by atoms with Crippen LogP contribution in [0, 0.1) is 0 Å². The first-order valence-corrected chi connectivity index (χ1v) is 11.9. The molecule has 10 heteroatoms. The number of Topliss-reactive ketones (excluding diaryl/α,β-unsaturated/α-hetero) is 1. The van der Waals surface area contributed by atoms with Gasteiger partial charge in [0.15, 0.2) is 5.58 Å². The van der Waals surface area contributed by atoms with Crippen LogP contribution in [0.25, 0.3) is 11.1 Å². The first-order chi connectivity index (χ1) is 16.5. The summed E-state index contributed by atoms with van der Waals surface area (Å²) in [6.07, 6.45) is 1.48. The minimum atomic E-state index is -0.594. The highest BCUT2D eigenvalue weighted by molar-refractivity contribution is 7.93. The van der Waals surface area contributed by atoms with E-state index in [0.717, 1.165) is 30.8 Å². The number of likely N-dealkylation sites (tertiary alicyclic amines) is 1. The van der Waals surface area contributed by atoms with Gasteiger partial charge in [-0.1, -0.05) is 31.2 Å². The van der Waals surface area contributed by atoms with Crippen LogP contribution in [0.5, 0.6) is 5.75 Å². The fraction of sp³-hybridized carbons (Fsp3) is 0.333. The van der Waals surface area contributed by atoms with Crippen molar-refractivity contribution in [3.8, 4) is 5.75 Å². The van der Waals surface area contributed by atoms with Crippen molar-refractivity contribution in [1.82, 2.24) is 19.9 Å². The average Bonchev–Trinajstić information content (AvgIpc) is 3.51. The van der Waals surface area contributed by atoms with Crippen molar-refractivity contribution in [2.45, 2.75) is 32.2 Å². The highest BCUT2D eigenvalue weighted by atomic mass is 32.2. The average molecular weight is 483 g/mol. The highest BCUT2D eigenvalue weighted by Gasteiger charge is 2.34. The van der Waals surface area contributed by atoms with Crippen molar-refractivity contribution in [2.75, 3.05) is 19.6 Å². The zero-order valence-electron chi connectivity index (χ0n) is 18.8. The predicted octanol–water partition coefficient (Wildman–Crippen LogP) is 2.91. The van der Waals surface area contributed by atoms with Gasteiger partial charge in [0.05, 0.1) is 13.0 Å². The molecule has 1 aliphatic rings. The van der Waals surface area contributed by atoms with E-state index in [9.17, 15) is 14.4 Å². The van der Waals surface area contributed by atoms with Gasteiger partial charge in [-0.05, 0) is 42.7 Å². The summed E-state index contributed by atoms with van der Waals surface area (Å²) < 4.78 is 13.9. The Hall–Kier alpha value is -3.37. The van der Waals surface area contributed by atoms with E-state index in [1.54, 1.807) is 41.3 Å². The van der Waals surface area contributed by atoms with Crippen LogP contribution in [0.3, 0.4) is 0 Å². The van der Waals surface area contributed by atoms with Gasteiger partial charge in [-0.3, -0.25) is 14.4 Å². The Bertz CT molecular complexity index is 1130. The summed E-state index contributed by atoms with van der Waals surface area (Å²) in [5.41, 5.74) is 1.93. The van der Waals surface area contributed by atoms with E-state index >= 15 is 0 Å². The number of oxazole rings is 1. The number of benzene rings is 2. The molecule has 2 N–H and O–H groups in total. The predicted molar refractivity (Wildman–Crippen MR) is 128 cm³/mol.